The lowest BCUT2D eigenvalue weighted by Gasteiger charge is -2.34. The van der Waals surface area contributed by atoms with Crippen molar-refractivity contribution < 1.29 is 47.9 Å². The fourth-order valence-electron chi connectivity index (χ4n) is 12.2. The molecule has 89 heavy (non-hydrogen) atoms. The highest BCUT2D eigenvalue weighted by Gasteiger charge is 2.48. The number of anilines is 2. The number of fused-ring (bicyclic) bond motifs is 2. The van der Waals surface area contributed by atoms with Crippen LogP contribution in [0.1, 0.15) is 91.5 Å². The number of ketones is 1. The highest BCUT2D eigenvalue weighted by molar-refractivity contribution is 7.13. The summed E-state index contributed by atoms with van der Waals surface area (Å²) in [7, 11) is 1.62. The van der Waals surface area contributed by atoms with E-state index in [9.17, 15) is 24.8 Å². The molecule has 2 aliphatic heterocycles. The molecule has 7 aromatic rings. The zero-order valence-corrected chi connectivity index (χ0v) is 52.3. The fourth-order valence-corrected chi connectivity index (χ4v) is 13.0. The zero-order chi connectivity index (χ0) is 62.1. The van der Waals surface area contributed by atoms with Crippen LogP contribution >= 0.6 is 11.3 Å². The van der Waals surface area contributed by atoms with Gasteiger partial charge in [0.25, 0.3) is 5.91 Å². The number of unbranched alkanes of at least 4 members (excludes halogenated alkanes) is 3. The molecule has 2 fully saturated rings. The quantitative estimate of drug-likeness (QED) is 0.0335. The standard InChI is InChI=1S/C70H82N8O10S/c1-47(2)66(78-45-51-15-10-11-18-57(51)70(78)82)67(80)58-38-54(79)39-59(58)69(81)73-43-50-20-19-49(68-48(3)74-46-89-68)37-62(50)87-36-35-85-34-33-84-31-13-6-5-12-25-76-27-29-77(30-28-76)26-14-32-86-64-41-61-60(40-63(64)83-4)65(52(42-71)44-72-61)75-53-21-23-56(24-22-53)88-55-16-8-7-9-17-55/h7-11,15-24,37,40-41,44,46-47,54,58-59,66,79H,5-6,12-14,25-36,38-39,43,45H2,1-4H3,(H,72,75)(H,73,81)/t54-,58?,59+,66-/m0/s1. The van der Waals surface area contributed by atoms with E-state index in [2.05, 4.69) is 36.5 Å². The van der Waals surface area contributed by atoms with Gasteiger partial charge in [0.2, 0.25) is 5.91 Å². The van der Waals surface area contributed by atoms with E-state index < -0.39 is 24.0 Å². The lowest BCUT2D eigenvalue weighted by atomic mass is 9.83. The molecule has 0 radical (unpaired) electrons. The SMILES string of the molecule is COc1cc2c(Nc3ccc(Oc4ccccc4)cc3)c(C#N)cnc2cc1OCCCN1CCN(CCCCCCOCCOCCOc2cc(-c3scnc3C)ccc2CNC(=O)[C@@H]2C[C@@H](O)CC2C(=O)[C@H](C(C)C)N2Cc3ccccc3C2=O)CC1. The van der Waals surface area contributed by atoms with Crippen molar-refractivity contribution >= 4 is 51.2 Å². The summed E-state index contributed by atoms with van der Waals surface area (Å²) in [5, 5.41) is 28.1. The first kappa shape index (κ1) is 64.0. The van der Waals surface area contributed by atoms with E-state index in [1.54, 1.807) is 35.6 Å². The Morgan fingerprint density at radius 1 is 0.753 bits per heavy atom. The Hall–Kier alpha value is -7.96. The number of pyridine rings is 1. The highest BCUT2D eigenvalue weighted by atomic mass is 32.1. The lowest BCUT2D eigenvalue weighted by Crippen LogP contribution is -2.49. The molecule has 2 aromatic heterocycles. The molecule has 3 aliphatic rings. The van der Waals surface area contributed by atoms with Gasteiger partial charge in [0.1, 0.15) is 29.9 Å². The average molecular weight is 1230 g/mol. The van der Waals surface area contributed by atoms with Crippen molar-refractivity contribution in [2.24, 2.45) is 17.8 Å². The highest BCUT2D eigenvalue weighted by Crippen LogP contribution is 2.40. The molecule has 1 saturated heterocycles. The number of aromatic nitrogens is 2. The molecule has 1 unspecified atom stereocenters. The summed E-state index contributed by atoms with van der Waals surface area (Å²) < 4.78 is 36.2. The van der Waals surface area contributed by atoms with Crippen LogP contribution in [0.4, 0.5) is 11.4 Å². The third kappa shape index (κ3) is 16.7. The summed E-state index contributed by atoms with van der Waals surface area (Å²) in [6.45, 7) is 15.4. The van der Waals surface area contributed by atoms with Gasteiger partial charge in [-0.15, -0.1) is 11.3 Å². The van der Waals surface area contributed by atoms with Crippen LogP contribution in [0, 0.1) is 36.0 Å². The zero-order valence-electron chi connectivity index (χ0n) is 51.5. The van der Waals surface area contributed by atoms with Crippen molar-refractivity contribution in [1.82, 2.24) is 30.0 Å². The second kappa shape index (κ2) is 31.5. The summed E-state index contributed by atoms with van der Waals surface area (Å²) in [5.74, 6) is 0.946. The molecule has 18 nitrogen and oxygen atoms in total. The number of amides is 2. The molecule has 10 rings (SSSR count). The number of carbonyl (C=O) groups is 3. The second-order valence-corrected chi connectivity index (χ2v) is 24.3. The molecule has 19 heteroatoms. The van der Waals surface area contributed by atoms with Gasteiger partial charge < -0.3 is 58.9 Å². The fraction of sp³-hybridized carbons (Fsp3) is 0.429. The van der Waals surface area contributed by atoms with Gasteiger partial charge in [0.15, 0.2) is 17.3 Å². The van der Waals surface area contributed by atoms with E-state index in [1.807, 2.05) is 129 Å². The number of aliphatic hydroxyl groups is 1. The minimum absolute atomic E-state index is 0.159. The largest absolute Gasteiger partial charge is 0.493 e. The molecule has 0 bridgehead atoms. The predicted molar refractivity (Wildman–Crippen MR) is 344 cm³/mol. The Morgan fingerprint density at radius 2 is 1.45 bits per heavy atom. The van der Waals surface area contributed by atoms with Gasteiger partial charge in [-0.2, -0.15) is 5.26 Å². The molecule has 468 valence electrons. The first-order valence-electron chi connectivity index (χ1n) is 31.2. The summed E-state index contributed by atoms with van der Waals surface area (Å²) in [4.78, 5) is 58.6. The van der Waals surface area contributed by atoms with Crippen molar-refractivity contribution in [3.05, 3.63) is 149 Å². The van der Waals surface area contributed by atoms with Gasteiger partial charge in [-0.3, -0.25) is 19.4 Å². The molecular weight excluding hydrogens is 1140 g/mol. The Balaban J connectivity index is 0.586. The average Bonchev–Trinajstić information content (AvgIpc) is 1.85. The van der Waals surface area contributed by atoms with Crippen LogP contribution in [0.3, 0.4) is 0 Å². The minimum atomic E-state index is -0.801. The third-order valence-electron chi connectivity index (χ3n) is 17.0. The van der Waals surface area contributed by atoms with Gasteiger partial charge in [0, 0.05) is 92.8 Å². The summed E-state index contributed by atoms with van der Waals surface area (Å²) in [5.41, 5.74) is 8.49. The number of ether oxygens (including phenoxy) is 6. The van der Waals surface area contributed by atoms with E-state index in [4.69, 9.17) is 28.4 Å². The van der Waals surface area contributed by atoms with E-state index in [1.165, 1.54) is 0 Å². The van der Waals surface area contributed by atoms with Gasteiger partial charge in [0.05, 0.1) is 84.5 Å². The Labute approximate surface area is 526 Å². The third-order valence-corrected chi connectivity index (χ3v) is 17.9. The topological polar surface area (TPSA) is 210 Å². The number of hydrogen-bond acceptors (Lipinski definition) is 17. The predicted octanol–water partition coefficient (Wildman–Crippen LogP) is 11.4. The molecule has 0 spiro atoms. The number of hydrogen-bond donors (Lipinski definition) is 3. The van der Waals surface area contributed by atoms with Crippen LogP contribution in [0.25, 0.3) is 21.3 Å². The molecular formula is C70H82N8O10S. The van der Waals surface area contributed by atoms with Crippen LogP contribution in [-0.4, -0.2) is 146 Å². The molecule has 1 aliphatic carbocycles. The molecule has 4 heterocycles. The van der Waals surface area contributed by atoms with E-state index in [0.29, 0.717) is 84.9 Å². The number of Topliss-reactive ketones (excluding diaryl/α,β-unsaturated/α-hetero) is 1. The van der Waals surface area contributed by atoms with Crippen molar-refractivity contribution in [2.45, 2.75) is 91.0 Å². The monoisotopic (exact) mass is 1230 g/mol. The second-order valence-electron chi connectivity index (χ2n) is 23.4. The number of nitrogens with zero attached hydrogens (tertiary/aromatic N) is 6. The molecule has 1 saturated carbocycles. The first-order chi connectivity index (χ1) is 43.4. The number of carbonyl (C=O) groups excluding carboxylic acids is 3. The Morgan fingerprint density at radius 3 is 2.18 bits per heavy atom. The van der Waals surface area contributed by atoms with Gasteiger partial charge in [-0.05, 0) is 117 Å². The van der Waals surface area contributed by atoms with Gasteiger partial charge >= 0.3 is 0 Å². The maximum atomic E-state index is 14.4. The van der Waals surface area contributed by atoms with Crippen LogP contribution in [0.15, 0.2) is 121 Å². The smallest absolute Gasteiger partial charge is 0.255 e. The number of rotatable bonds is 32. The molecule has 2 amide bonds. The summed E-state index contributed by atoms with van der Waals surface area (Å²) in [6.07, 6.45) is 6.44. The molecule has 3 N–H and O–H groups in total. The number of benzene rings is 5. The number of thiazole rings is 1. The van der Waals surface area contributed by atoms with Crippen molar-refractivity contribution in [3.63, 3.8) is 0 Å². The van der Waals surface area contributed by atoms with Crippen molar-refractivity contribution in [2.75, 3.05) is 91.3 Å². The van der Waals surface area contributed by atoms with E-state index in [-0.39, 0.29) is 49.5 Å². The Kier molecular flexibility index (Phi) is 22.6. The van der Waals surface area contributed by atoms with E-state index in [0.717, 1.165) is 115 Å². The number of nitriles is 1. The van der Waals surface area contributed by atoms with Crippen LogP contribution in [0.2, 0.25) is 0 Å². The van der Waals surface area contributed by atoms with Gasteiger partial charge in [-0.25, -0.2) is 4.98 Å². The van der Waals surface area contributed by atoms with Crippen molar-refractivity contribution in [3.8, 4) is 45.3 Å². The first-order valence-corrected chi connectivity index (χ1v) is 32.1. The number of aliphatic hydroxyl groups excluding tert-OH is 1. The van der Waals surface area contributed by atoms with Crippen molar-refractivity contribution in [1.29, 1.82) is 5.26 Å². The van der Waals surface area contributed by atoms with Gasteiger partial charge in [-0.1, -0.05) is 75.2 Å². The Bertz CT molecular complexity index is 3530. The summed E-state index contributed by atoms with van der Waals surface area (Å²) in [6, 6.07) is 35.9. The molecule has 5 aromatic carbocycles. The van der Waals surface area contributed by atoms with Crippen LogP contribution in [0.5, 0.6) is 28.7 Å². The number of nitrogens with one attached hydrogen (secondary N) is 2. The summed E-state index contributed by atoms with van der Waals surface area (Å²) >= 11 is 1.55. The number of para-hydroxylation sites is 1. The maximum absolute atomic E-state index is 14.4. The van der Waals surface area contributed by atoms with Crippen LogP contribution < -0.4 is 29.6 Å². The number of methoxy groups -OCH3 is 1. The molecule has 4 atom stereocenters. The minimum Gasteiger partial charge on any atom is -0.493 e. The lowest BCUT2D eigenvalue weighted by molar-refractivity contribution is -0.136. The van der Waals surface area contributed by atoms with Crippen LogP contribution in [-0.2, 0) is 32.2 Å². The number of aryl methyl sites for hydroxylation is 1. The normalized spacial score (nSPS) is 17.2. The number of piperazine rings is 1. The maximum Gasteiger partial charge on any atom is 0.255 e. The van der Waals surface area contributed by atoms with E-state index >= 15 is 0 Å².